The van der Waals surface area contributed by atoms with E-state index in [2.05, 4.69) is 10.4 Å². The minimum atomic E-state index is -1.10. The van der Waals surface area contributed by atoms with E-state index < -0.39 is 6.09 Å². The van der Waals surface area contributed by atoms with Gasteiger partial charge in [-0.25, -0.2) is 4.79 Å². The monoisotopic (exact) mass is 272 g/mol. The molecule has 1 atom stereocenters. The molecule has 0 aliphatic carbocycles. The number of carbonyl (C=O) groups is 1. The molecule has 1 heterocycles. The van der Waals surface area contributed by atoms with E-state index in [1.807, 2.05) is 5.01 Å². The molecule has 0 aromatic carbocycles. The van der Waals surface area contributed by atoms with Gasteiger partial charge in [-0.05, 0) is 25.3 Å². The molecule has 0 radical (unpaired) electrons. The molecule has 16 heavy (non-hydrogen) atoms. The van der Waals surface area contributed by atoms with Crippen molar-refractivity contribution in [3.05, 3.63) is 0 Å². The molecule has 0 unspecified atom stereocenters. The molecule has 0 bridgehead atoms. The molecular weight excluding hydrogens is 255 g/mol. The van der Waals surface area contributed by atoms with Crippen LogP contribution in [0.3, 0.4) is 0 Å². The predicted molar refractivity (Wildman–Crippen MR) is 67.5 cm³/mol. The highest BCUT2D eigenvalue weighted by atomic mass is 35.5. The van der Waals surface area contributed by atoms with Crippen molar-refractivity contribution in [1.82, 2.24) is 10.3 Å². The summed E-state index contributed by atoms with van der Waals surface area (Å²) in [6, 6.07) is 0. The summed E-state index contributed by atoms with van der Waals surface area (Å²) in [5.74, 6) is 0.478. The second kappa shape index (κ2) is 9.50. The van der Waals surface area contributed by atoms with Crippen molar-refractivity contribution in [3.63, 3.8) is 0 Å². The smallest absolute Gasteiger partial charge is 0.409 e. The van der Waals surface area contributed by atoms with E-state index in [1.54, 1.807) is 0 Å². The highest BCUT2D eigenvalue weighted by Gasteiger charge is 2.16. The maximum absolute atomic E-state index is 10.1. The summed E-state index contributed by atoms with van der Waals surface area (Å²) in [7, 11) is 0. The van der Waals surface area contributed by atoms with Crippen LogP contribution in [0.5, 0.6) is 0 Å². The Labute approximate surface area is 107 Å². The summed E-state index contributed by atoms with van der Waals surface area (Å²) in [6.07, 6.45) is 2.30. The van der Waals surface area contributed by atoms with Crippen molar-refractivity contribution in [3.8, 4) is 0 Å². The van der Waals surface area contributed by atoms with Gasteiger partial charge in [0, 0.05) is 13.1 Å². The lowest BCUT2D eigenvalue weighted by molar-refractivity contribution is 0.184. The molecule has 1 saturated heterocycles. The average Bonchev–Trinajstić information content (AvgIpc) is 2.18. The van der Waals surface area contributed by atoms with Gasteiger partial charge in [0.2, 0.25) is 0 Å². The van der Waals surface area contributed by atoms with E-state index >= 15 is 0 Å². The number of hydrogen-bond acceptors (Lipinski definition) is 4. The number of nitrogens with zero attached hydrogens (tertiary/aromatic N) is 2. The second-order valence-corrected chi connectivity index (χ2v) is 3.35. The Morgan fingerprint density at radius 3 is 2.88 bits per heavy atom. The van der Waals surface area contributed by atoms with Crippen LogP contribution in [0.1, 0.15) is 12.8 Å². The second-order valence-electron chi connectivity index (χ2n) is 3.35. The first kappa shape index (κ1) is 17.7. The SMILES string of the molecule is Cl.Cl.NC[C@@H]1CCCN(N=CNC(=O)O)C1. The molecule has 96 valence electrons. The fourth-order valence-corrected chi connectivity index (χ4v) is 1.51. The van der Waals surface area contributed by atoms with E-state index in [0.29, 0.717) is 12.5 Å². The van der Waals surface area contributed by atoms with Crippen LogP contribution in [-0.2, 0) is 0 Å². The van der Waals surface area contributed by atoms with Gasteiger partial charge in [0.1, 0.15) is 6.34 Å². The normalized spacial score (nSPS) is 19.8. The minimum absolute atomic E-state index is 0. The van der Waals surface area contributed by atoms with Crippen LogP contribution in [0.4, 0.5) is 4.79 Å². The third-order valence-corrected chi connectivity index (χ3v) is 2.24. The topological polar surface area (TPSA) is 91.0 Å². The summed E-state index contributed by atoms with van der Waals surface area (Å²) in [6.45, 7) is 2.35. The maximum atomic E-state index is 10.1. The van der Waals surface area contributed by atoms with E-state index in [9.17, 15) is 4.79 Å². The fraction of sp³-hybridized carbons (Fsp3) is 0.750. The van der Waals surface area contributed by atoms with Gasteiger partial charge < -0.3 is 10.8 Å². The summed E-state index contributed by atoms with van der Waals surface area (Å²) in [5.41, 5.74) is 5.55. The molecule has 1 aliphatic rings. The molecule has 0 saturated carbocycles. The molecule has 1 aliphatic heterocycles. The molecule has 4 N–H and O–H groups in total. The summed E-state index contributed by atoms with van der Waals surface area (Å²) in [5, 5.41) is 16.2. The molecule has 6 nitrogen and oxygen atoms in total. The van der Waals surface area contributed by atoms with Crippen LogP contribution >= 0.6 is 24.8 Å². The number of nitrogens with one attached hydrogen (secondary N) is 1. The van der Waals surface area contributed by atoms with Crippen molar-refractivity contribution < 1.29 is 9.90 Å². The Bertz CT molecular complexity index is 228. The molecule has 0 spiro atoms. The number of hydrogen-bond donors (Lipinski definition) is 3. The lowest BCUT2D eigenvalue weighted by Crippen LogP contribution is -2.36. The number of carboxylic acid groups (broad SMARTS) is 1. The molecule has 1 rings (SSSR count). The van der Waals surface area contributed by atoms with E-state index in [4.69, 9.17) is 10.8 Å². The van der Waals surface area contributed by atoms with Crippen LogP contribution in [0.2, 0.25) is 0 Å². The zero-order valence-corrected chi connectivity index (χ0v) is 10.5. The van der Waals surface area contributed by atoms with Crippen molar-refractivity contribution in [1.29, 1.82) is 0 Å². The van der Waals surface area contributed by atoms with Gasteiger partial charge in [-0.3, -0.25) is 10.3 Å². The number of rotatable bonds is 3. The van der Waals surface area contributed by atoms with Gasteiger partial charge in [-0.15, -0.1) is 24.8 Å². The number of halogens is 2. The zero-order chi connectivity index (χ0) is 10.4. The van der Waals surface area contributed by atoms with Crippen molar-refractivity contribution >= 4 is 37.2 Å². The summed E-state index contributed by atoms with van der Waals surface area (Å²) in [4.78, 5) is 10.1. The summed E-state index contributed by atoms with van der Waals surface area (Å²) < 4.78 is 0. The Morgan fingerprint density at radius 2 is 2.31 bits per heavy atom. The standard InChI is InChI=1S/C8H16N4O2.2ClH/c9-4-7-2-1-3-12(5-7)11-6-10-8(13)14;;/h6-7H,1-5,9H2,(H,10,11)(H,13,14);2*1H/t7-;;/m0../s1. The molecular formula is C8H18Cl2N4O2. The van der Waals surface area contributed by atoms with Gasteiger partial charge >= 0.3 is 6.09 Å². The number of amides is 1. The van der Waals surface area contributed by atoms with E-state index in [1.165, 1.54) is 6.34 Å². The van der Waals surface area contributed by atoms with Crippen LogP contribution in [-0.4, -0.2) is 42.2 Å². The lowest BCUT2D eigenvalue weighted by Gasteiger charge is -2.29. The lowest BCUT2D eigenvalue weighted by atomic mass is 10.00. The molecule has 0 aromatic rings. The van der Waals surface area contributed by atoms with Gasteiger partial charge in [-0.2, -0.15) is 5.10 Å². The fourth-order valence-electron chi connectivity index (χ4n) is 1.51. The Kier molecular flexibility index (Phi) is 10.5. The summed E-state index contributed by atoms with van der Waals surface area (Å²) >= 11 is 0. The number of nitrogens with two attached hydrogens (primary N) is 1. The first-order chi connectivity index (χ1) is 6.72. The molecule has 1 amide bonds. The van der Waals surface area contributed by atoms with Gasteiger partial charge in [0.05, 0.1) is 0 Å². The van der Waals surface area contributed by atoms with Crippen LogP contribution in [0.25, 0.3) is 0 Å². The van der Waals surface area contributed by atoms with Crippen molar-refractivity contribution in [2.24, 2.45) is 16.8 Å². The zero-order valence-electron chi connectivity index (χ0n) is 8.83. The van der Waals surface area contributed by atoms with Crippen LogP contribution in [0, 0.1) is 5.92 Å². The van der Waals surface area contributed by atoms with Gasteiger partial charge in [0.15, 0.2) is 0 Å². The molecule has 0 aromatic heterocycles. The quantitative estimate of drug-likeness (QED) is 0.521. The largest absolute Gasteiger partial charge is 0.465 e. The Balaban J connectivity index is 0. The van der Waals surface area contributed by atoms with Crippen molar-refractivity contribution in [2.75, 3.05) is 19.6 Å². The first-order valence-electron chi connectivity index (χ1n) is 4.69. The van der Waals surface area contributed by atoms with Crippen molar-refractivity contribution in [2.45, 2.75) is 12.8 Å². The third kappa shape index (κ3) is 6.71. The van der Waals surface area contributed by atoms with Crippen LogP contribution < -0.4 is 11.1 Å². The van der Waals surface area contributed by atoms with E-state index in [0.717, 1.165) is 25.9 Å². The molecule has 8 heteroatoms. The Morgan fingerprint density at radius 1 is 1.62 bits per heavy atom. The first-order valence-corrected chi connectivity index (χ1v) is 4.69. The average molecular weight is 273 g/mol. The predicted octanol–water partition coefficient (Wildman–Crippen LogP) is 0.712. The Hall–Kier alpha value is -0.720. The molecule has 1 fully saturated rings. The van der Waals surface area contributed by atoms with Gasteiger partial charge in [-0.1, -0.05) is 0 Å². The van der Waals surface area contributed by atoms with E-state index in [-0.39, 0.29) is 24.8 Å². The number of piperidine rings is 1. The van der Waals surface area contributed by atoms with Gasteiger partial charge in [0.25, 0.3) is 0 Å². The maximum Gasteiger partial charge on any atom is 0.409 e. The van der Waals surface area contributed by atoms with Crippen LogP contribution in [0.15, 0.2) is 5.10 Å². The third-order valence-electron chi connectivity index (χ3n) is 2.24. The highest BCUT2D eigenvalue weighted by molar-refractivity contribution is 5.85. The minimum Gasteiger partial charge on any atom is -0.465 e. The highest BCUT2D eigenvalue weighted by Crippen LogP contribution is 2.14. The number of hydrazone groups is 1.